The first kappa shape index (κ1) is 17.8. The van der Waals surface area contributed by atoms with Crippen molar-refractivity contribution in [1.82, 2.24) is 4.90 Å². The second kappa shape index (κ2) is 6.52. The molecule has 140 valence electrons. The predicted molar refractivity (Wildman–Crippen MR) is 103 cm³/mol. The maximum atomic E-state index is 13.2. The normalized spacial score (nSPS) is 26.1. The van der Waals surface area contributed by atoms with Gasteiger partial charge in [0.15, 0.2) is 0 Å². The van der Waals surface area contributed by atoms with Gasteiger partial charge in [-0.1, -0.05) is 81.4 Å². The Hall–Kier alpha value is -2.62. The Morgan fingerprint density at radius 1 is 1.04 bits per heavy atom. The van der Waals surface area contributed by atoms with E-state index in [1.165, 1.54) is 4.90 Å². The lowest BCUT2D eigenvalue weighted by atomic mass is 9.84. The van der Waals surface area contributed by atoms with Crippen molar-refractivity contribution in [2.24, 2.45) is 17.3 Å². The highest BCUT2D eigenvalue weighted by Crippen LogP contribution is 2.59. The third-order valence-electron chi connectivity index (χ3n) is 6.48. The van der Waals surface area contributed by atoms with Crippen molar-refractivity contribution in [3.8, 4) is 0 Å². The Morgan fingerprint density at radius 2 is 1.52 bits per heavy atom. The summed E-state index contributed by atoms with van der Waals surface area (Å²) >= 11 is 0. The van der Waals surface area contributed by atoms with Crippen LogP contribution in [0, 0.1) is 17.3 Å². The lowest BCUT2D eigenvalue weighted by molar-refractivity contribution is -0.131. The van der Waals surface area contributed by atoms with Gasteiger partial charge in [-0.15, -0.1) is 0 Å². The molecule has 4 rings (SSSR count). The molecule has 4 nitrogen and oxygen atoms in total. The van der Waals surface area contributed by atoms with Crippen molar-refractivity contribution < 1.29 is 14.3 Å². The SMILES string of the molecule is C[C@@H]1[C@@H](C(=O)N2C(=O)OC[C@H]2C(c2ccccc2)c2ccccc2)C1(C)C. The van der Waals surface area contributed by atoms with Crippen LogP contribution in [-0.2, 0) is 9.53 Å². The number of ether oxygens (including phenoxy) is 1. The topological polar surface area (TPSA) is 46.6 Å². The summed E-state index contributed by atoms with van der Waals surface area (Å²) in [4.78, 5) is 27.2. The fraction of sp³-hybridized carbons (Fsp3) is 0.391. The minimum atomic E-state index is -0.517. The van der Waals surface area contributed by atoms with Gasteiger partial charge in [-0.25, -0.2) is 9.69 Å². The first-order chi connectivity index (χ1) is 12.9. The van der Waals surface area contributed by atoms with Crippen molar-refractivity contribution in [1.29, 1.82) is 0 Å². The molecule has 2 aliphatic rings. The van der Waals surface area contributed by atoms with Crippen LogP contribution in [0.25, 0.3) is 0 Å². The molecule has 0 spiro atoms. The summed E-state index contributed by atoms with van der Waals surface area (Å²) in [7, 11) is 0. The highest BCUT2D eigenvalue weighted by molar-refractivity contribution is 5.97. The molecular formula is C23H25NO3. The molecule has 4 heteroatoms. The van der Waals surface area contributed by atoms with E-state index in [1.54, 1.807) is 0 Å². The number of nitrogens with zero attached hydrogens (tertiary/aromatic N) is 1. The van der Waals surface area contributed by atoms with E-state index in [9.17, 15) is 9.59 Å². The molecule has 2 aromatic carbocycles. The van der Waals surface area contributed by atoms with Gasteiger partial charge in [0.25, 0.3) is 0 Å². The van der Waals surface area contributed by atoms with Crippen molar-refractivity contribution in [3.63, 3.8) is 0 Å². The van der Waals surface area contributed by atoms with Crippen molar-refractivity contribution in [2.45, 2.75) is 32.7 Å². The smallest absolute Gasteiger partial charge is 0.417 e. The lowest BCUT2D eigenvalue weighted by Gasteiger charge is -2.29. The van der Waals surface area contributed by atoms with Crippen LogP contribution in [0.2, 0.25) is 0 Å². The molecule has 2 amide bonds. The number of benzene rings is 2. The van der Waals surface area contributed by atoms with Crippen LogP contribution >= 0.6 is 0 Å². The minimum Gasteiger partial charge on any atom is -0.447 e. The second-order valence-electron chi connectivity index (χ2n) is 8.24. The van der Waals surface area contributed by atoms with Gasteiger partial charge in [0.05, 0.1) is 6.04 Å². The average Bonchev–Trinajstić information content (AvgIpc) is 2.97. The number of hydrogen-bond acceptors (Lipinski definition) is 3. The monoisotopic (exact) mass is 363 g/mol. The van der Waals surface area contributed by atoms with Crippen LogP contribution < -0.4 is 0 Å². The summed E-state index contributed by atoms with van der Waals surface area (Å²) < 4.78 is 5.37. The van der Waals surface area contributed by atoms with Gasteiger partial charge in [0, 0.05) is 11.8 Å². The maximum absolute atomic E-state index is 13.2. The zero-order chi connectivity index (χ0) is 19.2. The molecule has 1 aliphatic carbocycles. The van der Waals surface area contributed by atoms with E-state index in [0.717, 1.165) is 11.1 Å². The molecule has 1 saturated carbocycles. The predicted octanol–water partition coefficient (Wildman–Crippen LogP) is 4.46. The molecule has 3 atom stereocenters. The molecule has 2 fully saturated rings. The number of cyclic esters (lactones) is 1. The van der Waals surface area contributed by atoms with Gasteiger partial charge >= 0.3 is 6.09 Å². The van der Waals surface area contributed by atoms with Crippen LogP contribution in [0.4, 0.5) is 4.79 Å². The van der Waals surface area contributed by atoms with Gasteiger partial charge in [0.1, 0.15) is 6.61 Å². The molecule has 27 heavy (non-hydrogen) atoms. The highest BCUT2D eigenvalue weighted by atomic mass is 16.6. The molecule has 2 aromatic rings. The van der Waals surface area contributed by atoms with Crippen molar-refractivity contribution in [2.75, 3.05) is 6.61 Å². The van der Waals surface area contributed by atoms with E-state index in [0.29, 0.717) is 0 Å². The second-order valence-corrected chi connectivity index (χ2v) is 8.24. The minimum absolute atomic E-state index is 0.0699. The van der Waals surface area contributed by atoms with E-state index >= 15 is 0 Å². The Balaban J connectivity index is 1.73. The summed E-state index contributed by atoms with van der Waals surface area (Å²) in [5.74, 6) is -0.0689. The quantitative estimate of drug-likeness (QED) is 0.806. The summed E-state index contributed by atoms with van der Waals surface area (Å²) in [6.45, 7) is 6.47. The van der Waals surface area contributed by atoms with Gasteiger partial charge in [0.2, 0.25) is 5.91 Å². The Labute approximate surface area is 160 Å². The standard InChI is InChI=1S/C23H25NO3/c1-15-20(23(15,2)3)21(25)24-18(14-27-22(24)26)19(16-10-6-4-7-11-16)17-12-8-5-9-13-17/h4-13,15,18-20H,14H2,1-3H3/t15-,18+,20+/m1/s1. The third kappa shape index (κ3) is 2.93. The van der Waals surface area contributed by atoms with Crippen molar-refractivity contribution >= 4 is 12.0 Å². The molecular weight excluding hydrogens is 338 g/mol. The van der Waals surface area contributed by atoms with Crippen LogP contribution in [-0.4, -0.2) is 29.5 Å². The maximum Gasteiger partial charge on any atom is 0.417 e. The Bertz CT molecular complexity index is 807. The number of carbonyl (C=O) groups is 2. The van der Waals surface area contributed by atoms with Crippen LogP contribution in [0.3, 0.4) is 0 Å². The Morgan fingerprint density at radius 3 is 1.96 bits per heavy atom. The lowest BCUT2D eigenvalue weighted by Crippen LogP contribution is -2.44. The molecule has 0 radical (unpaired) electrons. The average molecular weight is 363 g/mol. The number of rotatable bonds is 4. The number of carbonyl (C=O) groups excluding carboxylic acids is 2. The fourth-order valence-electron chi connectivity index (χ4n) is 4.47. The van der Waals surface area contributed by atoms with E-state index < -0.39 is 6.09 Å². The fourth-order valence-corrected chi connectivity index (χ4v) is 4.47. The molecule has 1 saturated heterocycles. The largest absolute Gasteiger partial charge is 0.447 e. The summed E-state index contributed by atoms with van der Waals surface area (Å²) in [5.41, 5.74) is 2.08. The molecule has 1 heterocycles. The molecule has 0 N–H and O–H groups in total. The summed E-state index contributed by atoms with van der Waals surface area (Å²) in [6, 6.07) is 19.8. The zero-order valence-corrected chi connectivity index (χ0v) is 16.0. The molecule has 0 unspecified atom stereocenters. The molecule has 0 bridgehead atoms. The van der Waals surface area contributed by atoms with E-state index in [4.69, 9.17) is 4.74 Å². The third-order valence-corrected chi connectivity index (χ3v) is 6.48. The zero-order valence-electron chi connectivity index (χ0n) is 16.0. The van der Waals surface area contributed by atoms with Gasteiger partial charge < -0.3 is 4.74 Å². The van der Waals surface area contributed by atoms with E-state index in [1.807, 2.05) is 60.7 Å². The summed E-state index contributed by atoms with van der Waals surface area (Å²) in [5, 5.41) is 0. The highest BCUT2D eigenvalue weighted by Gasteiger charge is 2.62. The molecule has 1 aliphatic heterocycles. The summed E-state index contributed by atoms with van der Waals surface area (Å²) in [6.07, 6.45) is -0.517. The first-order valence-corrected chi connectivity index (χ1v) is 9.52. The van der Waals surface area contributed by atoms with Gasteiger partial charge in [-0.3, -0.25) is 4.79 Å². The number of amides is 2. The number of imide groups is 1. The van der Waals surface area contributed by atoms with E-state index in [2.05, 4.69) is 20.8 Å². The van der Waals surface area contributed by atoms with Crippen LogP contribution in [0.1, 0.15) is 37.8 Å². The first-order valence-electron chi connectivity index (χ1n) is 9.52. The van der Waals surface area contributed by atoms with Crippen molar-refractivity contribution in [3.05, 3.63) is 71.8 Å². The van der Waals surface area contributed by atoms with E-state index in [-0.39, 0.29) is 41.7 Å². The van der Waals surface area contributed by atoms with Gasteiger partial charge in [-0.05, 0) is 22.5 Å². The Kier molecular flexibility index (Phi) is 4.29. The molecule has 0 aromatic heterocycles. The number of hydrogen-bond donors (Lipinski definition) is 0. The van der Waals surface area contributed by atoms with Crippen LogP contribution in [0.15, 0.2) is 60.7 Å². The van der Waals surface area contributed by atoms with Crippen LogP contribution in [0.5, 0.6) is 0 Å². The van der Waals surface area contributed by atoms with Gasteiger partial charge in [-0.2, -0.15) is 0 Å².